The van der Waals surface area contributed by atoms with Crippen molar-refractivity contribution in [3.8, 4) is 22.8 Å². The number of alkyl halides is 3. The molecule has 162 valence electrons. The first-order valence-corrected chi connectivity index (χ1v) is 10.1. The summed E-state index contributed by atoms with van der Waals surface area (Å²) in [4.78, 5) is 12.0. The second-order valence-electron chi connectivity index (χ2n) is 7.10. The Bertz CT molecular complexity index is 1280. The van der Waals surface area contributed by atoms with E-state index in [4.69, 9.17) is 16.3 Å². The fraction of sp³-hybridized carbons (Fsp3) is 0.0800. The van der Waals surface area contributed by atoms with E-state index in [0.29, 0.717) is 23.7 Å². The highest BCUT2D eigenvalue weighted by atomic mass is 35.5. The van der Waals surface area contributed by atoms with E-state index in [-0.39, 0.29) is 11.0 Å². The molecule has 4 rings (SSSR count). The quantitative estimate of drug-likeness (QED) is 0.323. The molecular formula is C25H17ClF3NO2. The molecule has 1 heterocycles. The smallest absolute Gasteiger partial charge is 0.417 e. The first-order valence-electron chi connectivity index (χ1n) is 9.70. The number of hydrogen-bond acceptors (Lipinski definition) is 2. The molecule has 0 N–H and O–H groups in total. The van der Waals surface area contributed by atoms with Crippen LogP contribution in [0.15, 0.2) is 95.9 Å². The molecule has 0 saturated carbocycles. The van der Waals surface area contributed by atoms with Crippen LogP contribution in [0.5, 0.6) is 11.5 Å². The minimum atomic E-state index is -4.60. The van der Waals surface area contributed by atoms with E-state index in [1.165, 1.54) is 24.3 Å². The van der Waals surface area contributed by atoms with E-state index in [9.17, 15) is 18.0 Å². The van der Waals surface area contributed by atoms with Crippen LogP contribution in [0.2, 0.25) is 5.02 Å². The lowest BCUT2D eigenvalue weighted by Gasteiger charge is -2.17. The molecule has 1 aromatic heterocycles. The Kier molecular flexibility index (Phi) is 6.06. The van der Waals surface area contributed by atoms with Crippen LogP contribution in [-0.4, -0.2) is 4.57 Å². The lowest BCUT2D eigenvalue weighted by molar-refractivity contribution is -0.137. The van der Waals surface area contributed by atoms with Crippen molar-refractivity contribution in [3.63, 3.8) is 0 Å². The summed E-state index contributed by atoms with van der Waals surface area (Å²) in [5.74, 6) is 1.36. The second-order valence-corrected chi connectivity index (χ2v) is 7.48. The fourth-order valence-corrected chi connectivity index (χ4v) is 3.64. The second kappa shape index (κ2) is 8.93. The van der Waals surface area contributed by atoms with E-state index < -0.39 is 16.8 Å². The highest BCUT2D eigenvalue weighted by Gasteiger charge is 2.34. The highest BCUT2D eigenvalue weighted by molar-refractivity contribution is 6.34. The highest BCUT2D eigenvalue weighted by Crippen LogP contribution is 2.39. The number of halogens is 4. The molecule has 3 aromatic carbocycles. The molecule has 0 unspecified atom stereocenters. The molecular weight excluding hydrogens is 439 g/mol. The van der Waals surface area contributed by atoms with Gasteiger partial charge in [0.1, 0.15) is 11.5 Å². The Labute approximate surface area is 187 Å². The minimum Gasteiger partial charge on any atom is -0.457 e. The molecule has 32 heavy (non-hydrogen) atoms. The van der Waals surface area contributed by atoms with Crippen molar-refractivity contribution < 1.29 is 17.9 Å². The predicted octanol–water partition coefficient (Wildman–Crippen LogP) is 7.03. The molecule has 3 nitrogen and oxygen atoms in total. The summed E-state index contributed by atoms with van der Waals surface area (Å²) in [5.41, 5.74) is 0.0538. The molecule has 0 aliphatic heterocycles. The summed E-state index contributed by atoms with van der Waals surface area (Å²) < 4.78 is 47.4. The van der Waals surface area contributed by atoms with Crippen molar-refractivity contribution in [2.45, 2.75) is 12.7 Å². The maximum atomic E-state index is 13.3. The van der Waals surface area contributed by atoms with Crippen LogP contribution in [0.25, 0.3) is 11.3 Å². The largest absolute Gasteiger partial charge is 0.457 e. The third-order valence-corrected chi connectivity index (χ3v) is 5.25. The normalized spacial score (nSPS) is 11.4. The third-order valence-electron chi connectivity index (χ3n) is 4.84. The van der Waals surface area contributed by atoms with Gasteiger partial charge in [0.2, 0.25) is 0 Å². The van der Waals surface area contributed by atoms with Crippen LogP contribution in [0, 0.1) is 0 Å². The predicted molar refractivity (Wildman–Crippen MR) is 118 cm³/mol. The third kappa shape index (κ3) is 4.86. The summed E-state index contributed by atoms with van der Waals surface area (Å²) in [6, 6.07) is 23.0. The summed E-state index contributed by atoms with van der Waals surface area (Å²) >= 11 is 6.10. The van der Waals surface area contributed by atoms with E-state index >= 15 is 0 Å². The van der Waals surface area contributed by atoms with Crippen molar-refractivity contribution in [2.24, 2.45) is 0 Å². The molecule has 4 aromatic rings. The Morgan fingerprint density at radius 2 is 1.53 bits per heavy atom. The number of pyridine rings is 1. The number of rotatable bonds is 5. The average molecular weight is 456 g/mol. The molecule has 0 radical (unpaired) electrons. The maximum absolute atomic E-state index is 13.3. The van der Waals surface area contributed by atoms with Crippen LogP contribution in [-0.2, 0) is 12.7 Å². The summed E-state index contributed by atoms with van der Waals surface area (Å²) in [6.45, 7) is 0.327. The SMILES string of the molecule is O=c1ccn(Cc2ccc(Oc3ccccc3)cc2)c(-c2cccc(C(F)(F)F)c2Cl)c1. The average Bonchev–Trinajstić information content (AvgIpc) is 2.76. The van der Waals surface area contributed by atoms with E-state index in [0.717, 1.165) is 11.6 Å². The van der Waals surface area contributed by atoms with Gasteiger partial charge in [0.15, 0.2) is 5.43 Å². The number of ether oxygens (including phenoxy) is 1. The van der Waals surface area contributed by atoms with Crippen LogP contribution in [0.3, 0.4) is 0 Å². The Balaban J connectivity index is 1.65. The molecule has 0 saturated heterocycles. The van der Waals surface area contributed by atoms with Crippen molar-refractivity contribution in [1.29, 1.82) is 0 Å². The van der Waals surface area contributed by atoms with Gasteiger partial charge in [0.05, 0.1) is 16.3 Å². The zero-order valence-corrected chi connectivity index (χ0v) is 17.4. The van der Waals surface area contributed by atoms with Gasteiger partial charge in [0, 0.05) is 30.4 Å². The Hall–Kier alpha value is -3.51. The van der Waals surface area contributed by atoms with Gasteiger partial charge in [-0.1, -0.05) is 54.1 Å². The number of nitrogens with zero attached hydrogens (tertiary/aromatic N) is 1. The van der Waals surface area contributed by atoms with Gasteiger partial charge >= 0.3 is 6.18 Å². The van der Waals surface area contributed by atoms with Crippen molar-refractivity contribution in [3.05, 3.63) is 117 Å². The maximum Gasteiger partial charge on any atom is 0.417 e. The molecule has 0 spiro atoms. The van der Waals surface area contributed by atoms with Gasteiger partial charge in [-0.3, -0.25) is 4.79 Å². The minimum absolute atomic E-state index is 0.142. The van der Waals surface area contributed by atoms with Gasteiger partial charge in [-0.25, -0.2) is 0 Å². The standard InChI is InChI=1S/C25H17ClF3NO2/c26-24-21(7-4-8-22(24)25(27,28)29)23-15-18(31)13-14-30(23)16-17-9-11-20(12-10-17)32-19-5-2-1-3-6-19/h1-15H,16H2. The van der Waals surface area contributed by atoms with Crippen LogP contribution in [0.1, 0.15) is 11.1 Å². The number of benzene rings is 3. The van der Waals surface area contributed by atoms with Gasteiger partial charge in [0.25, 0.3) is 0 Å². The van der Waals surface area contributed by atoms with Gasteiger partial charge < -0.3 is 9.30 Å². The first kappa shape index (κ1) is 21.7. The molecule has 0 bridgehead atoms. The van der Waals surface area contributed by atoms with Gasteiger partial charge in [-0.15, -0.1) is 0 Å². The van der Waals surface area contributed by atoms with Gasteiger partial charge in [-0.05, 0) is 35.9 Å². The van der Waals surface area contributed by atoms with Crippen molar-refractivity contribution in [1.82, 2.24) is 4.57 Å². The van der Waals surface area contributed by atoms with Crippen LogP contribution < -0.4 is 10.2 Å². The van der Waals surface area contributed by atoms with Crippen LogP contribution in [0.4, 0.5) is 13.2 Å². The summed E-state index contributed by atoms with van der Waals surface area (Å²) in [7, 11) is 0. The first-order chi connectivity index (χ1) is 15.3. The molecule has 0 atom stereocenters. The summed E-state index contributed by atoms with van der Waals surface area (Å²) in [6.07, 6.45) is -3.05. The Morgan fingerprint density at radius 1 is 0.844 bits per heavy atom. The molecule has 0 aliphatic rings. The van der Waals surface area contributed by atoms with E-state index in [1.54, 1.807) is 10.8 Å². The molecule has 7 heteroatoms. The van der Waals surface area contributed by atoms with Gasteiger partial charge in [-0.2, -0.15) is 13.2 Å². The van der Waals surface area contributed by atoms with Crippen molar-refractivity contribution in [2.75, 3.05) is 0 Å². The van der Waals surface area contributed by atoms with Crippen molar-refractivity contribution >= 4 is 11.6 Å². The number of hydrogen-bond donors (Lipinski definition) is 0. The number of para-hydroxylation sites is 1. The fourth-order valence-electron chi connectivity index (χ4n) is 3.31. The lowest BCUT2D eigenvalue weighted by atomic mass is 10.1. The number of aromatic nitrogens is 1. The zero-order valence-electron chi connectivity index (χ0n) is 16.6. The molecule has 0 fully saturated rings. The molecule has 0 amide bonds. The lowest BCUT2D eigenvalue weighted by Crippen LogP contribution is -2.11. The zero-order chi connectivity index (χ0) is 22.7. The Morgan fingerprint density at radius 3 is 2.22 bits per heavy atom. The van der Waals surface area contributed by atoms with E-state index in [2.05, 4.69) is 0 Å². The summed E-state index contributed by atoms with van der Waals surface area (Å²) in [5, 5.41) is -0.439. The van der Waals surface area contributed by atoms with E-state index in [1.807, 2.05) is 54.6 Å². The molecule has 0 aliphatic carbocycles. The van der Waals surface area contributed by atoms with Crippen LogP contribution >= 0.6 is 11.6 Å². The topological polar surface area (TPSA) is 31.2 Å². The monoisotopic (exact) mass is 455 g/mol.